The topological polar surface area (TPSA) is 102 Å². The largest absolute Gasteiger partial charge is 0.481 e. The van der Waals surface area contributed by atoms with E-state index in [-0.39, 0.29) is 17.2 Å². The second-order valence-electron chi connectivity index (χ2n) is 6.34. The van der Waals surface area contributed by atoms with Crippen LogP contribution in [0.25, 0.3) is 6.08 Å². The minimum atomic E-state index is -0.719. The maximum absolute atomic E-state index is 13.7. The Labute approximate surface area is 194 Å². The third-order valence-corrected chi connectivity index (χ3v) is 5.56. The number of imide groups is 1. The molecule has 1 heterocycles. The number of ether oxygens (including phenoxy) is 2. The highest BCUT2D eigenvalue weighted by Crippen LogP contribution is 2.35. The summed E-state index contributed by atoms with van der Waals surface area (Å²) in [5, 5.41) is 1.69. The molecule has 0 radical (unpaired) electrons. The monoisotopic (exact) mass is 522 g/mol. The van der Waals surface area contributed by atoms with Crippen molar-refractivity contribution in [3.05, 3.63) is 63.2 Å². The van der Waals surface area contributed by atoms with Crippen molar-refractivity contribution in [1.82, 2.24) is 4.90 Å². The van der Waals surface area contributed by atoms with Gasteiger partial charge in [-0.1, -0.05) is 28.1 Å². The Hall–Kier alpha value is -3.18. The molecule has 0 aromatic heterocycles. The van der Waals surface area contributed by atoms with Crippen molar-refractivity contribution >= 4 is 62.5 Å². The number of benzene rings is 2. The smallest absolute Gasteiger partial charge is 0.343 e. The molecule has 3 rings (SSSR count). The molecule has 0 spiro atoms. The van der Waals surface area contributed by atoms with Crippen LogP contribution in [0.5, 0.6) is 5.75 Å². The summed E-state index contributed by atoms with van der Waals surface area (Å²) in [5.74, 6) is -2.32. The predicted octanol–water partition coefficient (Wildman–Crippen LogP) is 3.82. The van der Waals surface area contributed by atoms with Gasteiger partial charge in [-0.05, 0) is 48.2 Å². The summed E-state index contributed by atoms with van der Waals surface area (Å²) >= 11 is 3.97. The van der Waals surface area contributed by atoms with Gasteiger partial charge in [0.25, 0.3) is 11.1 Å². The molecule has 1 aliphatic rings. The van der Waals surface area contributed by atoms with Gasteiger partial charge in [-0.25, -0.2) is 9.18 Å². The molecule has 1 aliphatic heterocycles. The van der Waals surface area contributed by atoms with Gasteiger partial charge in [-0.15, -0.1) is 0 Å². The number of methoxy groups -OCH3 is 1. The number of para-hydroxylation sites is 1. The molecule has 1 N–H and O–H groups in total. The van der Waals surface area contributed by atoms with E-state index < -0.39 is 35.4 Å². The first kappa shape index (κ1) is 23.5. The molecule has 11 heteroatoms. The van der Waals surface area contributed by atoms with Crippen LogP contribution < -0.4 is 10.1 Å². The number of nitrogens with one attached hydrogen (secondary N) is 1. The number of thioether (sulfide) groups is 1. The summed E-state index contributed by atoms with van der Waals surface area (Å²) in [6, 6.07) is 10.5. The Morgan fingerprint density at radius 1 is 1.22 bits per heavy atom. The van der Waals surface area contributed by atoms with Crippen molar-refractivity contribution in [2.75, 3.05) is 25.6 Å². The van der Waals surface area contributed by atoms with Crippen LogP contribution in [-0.2, 0) is 19.1 Å². The van der Waals surface area contributed by atoms with Crippen molar-refractivity contribution < 1.29 is 33.0 Å². The van der Waals surface area contributed by atoms with E-state index in [1.807, 2.05) is 0 Å². The summed E-state index contributed by atoms with van der Waals surface area (Å²) in [7, 11) is 1.23. The molecule has 8 nitrogen and oxygen atoms in total. The van der Waals surface area contributed by atoms with Gasteiger partial charge >= 0.3 is 5.97 Å². The molecule has 0 saturated carbocycles. The molecule has 32 heavy (non-hydrogen) atoms. The standard InChI is InChI=1S/C21H16BrFN2O6S/c1-30-19(27)11-31-16-7-6-13(22)8-12(16)9-17-20(28)25(21(29)32-17)10-18(26)24-15-5-3-2-4-14(15)23/h2-9H,10-11H2,1H3,(H,24,26)/b17-9-. The third-order valence-electron chi connectivity index (χ3n) is 4.15. The SMILES string of the molecule is COC(=O)COc1ccc(Br)cc1/C=C1\SC(=O)N(CC(=O)Nc2ccccc2F)C1=O. The summed E-state index contributed by atoms with van der Waals surface area (Å²) in [5.41, 5.74) is 0.381. The zero-order valence-electron chi connectivity index (χ0n) is 16.6. The van der Waals surface area contributed by atoms with Crippen molar-refractivity contribution in [2.24, 2.45) is 0 Å². The molecule has 1 saturated heterocycles. The highest BCUT2D eigenvalue weighted by molar-refractivity contribution is 9.10. The fraction of sp³-hybridized carbons (Fsp3) is 0.143. The first-order valence-electron chi connectivity index (χ1n) is 9.07. The van der Waals surface area contributed by atoms with E-state index >= 15 is 0 Å². The van der Waals surface area contributed by atoms with Crippen molar-refractivity contribution in [2.45, 2.75) is 0 Å². The van der Waals surface area contributed by atoms with Gasteiger partial charge in [0.15, 0.2) is 6.61 Å². The lowest BCUT2D eigenvalue weighted by Crippen LogP contribution is -2.36. The summed E-state index contributed by atoms with van der Waals surface area (Å²) in [6.45, 7) is -0.906. The molecule has 0 unspecified atom stereocenters. The molecule has 1 fully saturated rings. The molecular weight excluding hydrogens is 507 g/mol. The Kier molecular flexibility index (Phi) is 7.65. The van der Waals surface area contributed by atoms with Crippen LogP contribution in [0.4, 0.5) is 14.9 Å². The third kappa shape index (κ3) is 5.74. The van der Waals surface area contributed by atoms with Gasteiger partial charge in [-0.2, -0.15) is 0 Å². The number of carbonyl (C=O) groups excluding carboxylic acids is 4. The average molecular weight is 523 g/mol. The Morgan fingerprint density at radius 2 is 1.97 bits per heavy atom. The molecule has 2 aromatic carbocycles. The van der Waals surface area contributed by atoms with Crippen LogP contribution in [0.3, 0.4) is 0 Å². The second-order valence-corrected chi connectivity index (χ2v) is 8.25. The van der Waals surface area contributed by atoms with Gasteiger partial charge in [0.05, 0.1) is 17.7 Å². The molecule has 0 aliphatic carbocycles. The fourth-order valence-electron chi connectivity index (χ4n) is 2.63. The number of amides is 3. The summed E-state index contributed by atoms with van der Waals surface area (Å²) < 4.78 is 24.4. The zero-order valence-corrected chi connectivity index (χ0v) is 19.0. The molecule has 2 aromatic rings. The Balaban J connectivity index is 1.75. The second kappa shape index (κ2) is 10.4. The Morgan fingerprint density at radius 3 is 2.69 bits per heavy atom. The number of carbonyl (C=O) groups is 4. The van der Waals surface area contributed by atoms with Gasteiger partial charge < -0.3 is 14.8 Å². The van der Waals surface area contributed by atoms with E-state index in [0.29, 0.717) is 27.5 Å². The van der Waals surface area contributed by atoms with E-state index in [0.717, 1.165) is 4.90 Å². The van der Waals surface area contributed by atoms with E-state index in [2.05, 4.69) is 26.0 Å². The number of hydrogen-bond donors (Lipinski definition) is 1. The number of halogens is 2. The number of nitrogens with zero attached hydrogens (tertiary/aromatic N) is 1. The van der Waals surface area contributed by atoms with Crippen molar-refractivity contribution in [3.8, 4) is 5.75 Å². The van der Waals surface area contributed by atoms with Crippen LogP contribution in [0.2, 0.25) is 0 Å². The van der Waals surface area contributed by atoms with Crippen LogP contribution in [-0.4, -0.2) is 48.2 Å². The summed E-state index contributed by atoms with van der Waals surface area (Å²) in [6.07, 6.45) is 1.43. The average Bonchev–Trinajstić information content (AvgIpc) is 3.02. The minimum Gasteiger partial charge on any atom is -0.481 e. The first-order chi connectivity index (χ1) is 15.3. The van der Waals surface area contributed by atoms with E-state index in [1.165, 1.54) is 31.4 Å². The van der Waals surface area contributed by atoms with Gasteiger partial charge in [0, 0.05) is 10.0 Å². The number of esters is 1. The first-order valence-corrected chi connectivity index (χ1v) is 10.7. The highest BCUT2D eigenvalue weighted by Gasteiger charge is 2.36. The quantitative estimate of drug-likeness (QED) is 0.435. The lowest BCUT2D eigenvalue weighted by atomic mass is 10.2. The fourth-order valence-corrected chi connectivity index (χ4v) is 3.84. The summed E-state index contributed by atoms with van der Waals surface area (Å²) in [4.78, 5) is 49.5. The number of anilines is 1. The Bertz CT molecular complexity index is 1120. The van der Waals surface area contributed by atoms with Crippen molar-refractivity contribution in [3.63, 3.8) is 0 Å². The van der Waals surface area contributed by atoms with Crippen LogP contribution >= 0.6 is 27.7 Å². The van der Waals surface area contributed by atoms with Gasteiger partial charge in [-0.3, -0.25) is 19.3 Å². The lowest BCUT2D eigenvalue weighted by molar-refractivity contribution is -0.142. The maximum atomic E-state index is 13.7. The lowest BCUT2D eigenvalue weighted by Gasteiger charge is -2.13. The van der Waals surface area contributed by atoms with E-state index in [1.54, 1.807) is 24.3 Å². The van der Waals surface area contributed by atoms with Crippen LogP contribution in [0.1, 0.15) is 5.56 Å². The van der Waals surface area contributed by atoms with E-state index in [9.17, 15) is 23.6 Å². The maximum Gasteiger partial charge on any atom is 0.343 e. The zero-order chi connectivity index (χ0) is 23.3. The molecule has 3 amide bonds. The van der Waals surface area contributed by atoms with Gasteiger partial charge in [0.1, 0.15) is 18.1 Å². The highest BCUT2D eigenvalue weighted by atomic mass is 79.9. The van der Waals surface area contributed by atoms with Crippen LogP contribution in [0.15, 0.2) is 51.8 Å². The van der Waals surface area contributed by atoms with Crippen molar-refractivity contribution in [1.29, 1.82) is 0 Å². The number of rotatable bonds is 7. The normalized spacial score (nSPS) is 14.6. The molecule has 0 bridgehead atoms. The number of hydrogen-bond acceptors (Lipinski definition) is 7. The van der Waals surface area contributed by atoms with E-state index in [4.69, 9.17) is 4.74 Å². The minimum absolute atomic E-state index is 0.0541. The van der Waals surface area contributed by atoms with Gasteiger partial charge in [0.2, 0.25) is 5.91 Å². The van der Waals surface area contributed by atoms with Crippen LogP contribution in [0, 0.1) is 5.82 Å². The molecule has 0 atom stereocenters. The molecular formula is C21H16BrFN2O6S. The molecule has 166 valence electrons. The predicted molar refractivity (Wildman–Crippen MR) is 119 cm³/mol.